The van der Waals surface area contributed by atoms with Crippen LogP contribution in [0.5, 0.6) is 0 Å². The quantitative estimate of drug-likeness (QED) is 0.753. The Kier molecular flexibility index (Phi) is 3.43. The summed E-state index contributed by atoms with van der Waals surface area (Å²) in [7, 11) is 0. The lowest BCUT2D eigenvalue weighted by Crippen LogP contribution is -2.09. The van der Waals surface area contributed by atoms with Crippen molar-refractivity contribution in [3.8, 4) is 11.3 Å². The highest BCUT2D eigenvalue weighted by Crippen LogP contribution is 2.43. The van der Waals surface area contributed by atoms with Gasteiger partial charge in [-0.3, -0.25) is 0 Å². The summed E-state index contributed by atoms with van der Waals surface area (Å²) in [5.41, 5.74) is -0.0431. The minimum absolute atomic E-state index is 0.0387. The number of aromatic nitrogens is 1. The summed E-state index contributed by atoms with van der Waals surface area (Å²) in [5.74, 6) is -0.184. The smallest absolute Gasteiger partial charge is 0.192 e. The molecule has 1 aromatic heterocycles. The summed E-state index contributed by atoms with van der Waals surface area (Å²) >= 11 is 0.936. The van der Waals surface area contributed by atoms with Crippen molar-refractivity contribution in [3.63, 3.8) is 0 Å². The van der Waals surface area contributed by atoms with Gasteiger partial charge in [0, 0.05) is 10.4 Å². The van der Waals surface area contributed by atoms with Gasteiger partial charge >= 0.3 is 6.18 Å². The van der Waals surface area contributed by atoms with Crippen LogP contribution in [0.2, 0.25) is 0 Å². The number of hydrogen-bond acceptors (Lipinski definition) is 2. The van der Waals surface area contributed by atoms with Crippen molar-refractivity contribution in [1.29, 1.82) is 0 Å². The third-order valence-electron chi connectivity index (χ3n) is 2.57. The fraction of sp³-hybridized carbons (Fsp3) is 0.308. The van der Waals surface area contributed by atoms with Crippen molar-refractivity contribution in [1.82, 2.24) is 4.37 Å². The molecule has 0 amide bonds. The zero-order valence-electron chi connectivity index (χ0n) is 9.95. The number of rotatable bonds is 2. The first-order valence-electron chi connectivity index (χ1n) is 5.53. The predicted octanol–water partition coefficient (Wildman–Crippen LogP) is 4.95. The highest BCUT2D eigenvalue weighted by Gasteiger charge is 2.39. The van der Waals surface area contributed by atoms with Crippen LogP contribution in [0.1, 0.15) is 30.2 Å². The molecule has 0 atom stereocenters. The number of nitrogens with zero attached hydrogens (tertiary/aromatic N) is 1. The second kappa shape index (κ2) is 4.72. The standard InChI is InChI=1S/C13H12F3NS/c1-8(2)12-10(13(14,15)16)11(17-18-12)9-6-4-3-5-7-9/h3-8H,1-2H3. The second-order valence-electron chi connectivity index (χ2n) is 4.29. The molecule has 0 fully saturated rings. The van der Waals surface area contributed by atoms with Gasteiger partial charge in [-0.2, -0.15) is 17.5 Å². The predicted molar refractivity (Wildman–Crippen MR) is 66.6 cm³/mol. The van der Waals surface area contributed by atoms with E-state index in [2.05, 4.69) is 4.37 Å². The van der Waals surface area contributed by atoms with Gasteiger partial charge in [0.05, 0.1) is 11.3 Å². The van der Waals surface area contributed by atoms with Crippen molar-refractivity contribution in [3.05, 3.63) is 40.8 Å². The molecular formula is C13H12F3NS. The van der Waals surface area contributed by atoms with Crippen molar-refractivity contribution in [2.24, 2.45) is 0 Å². The first-order valence-corrected chi connectivity index (χ1v) is 6.30. The van der Waals surface area contributed by atoms with Gasteiger partial charge in [-0.1, -0.05) is 44.2 Å². The Morgan fingerprint density at radius 3 is 2.22 bits per heavy atom. The van der Waals surface area contributed by atoms with E-state index in [1.54, 1.807) is 44.2 Å². The van der Waals surface area contributed by atoms with E-state index in [0.717, 1.165) is 11.5 Å². The molecule has 0 N–H and O–H groups in total. The molecule has 2 aromatic rings. The van der Waals surface area contributed by atoms with Crippen LogP contribution in [0.25, 0.3) is 11.3 Å². The molecule has 0 bridgehead atoms. The Hall–Kier alpha value is -1.36. The number of benzene rings is 1. The van der Waals surface area contributed by atoms with Gasteiger partial charge in [-0.25, -0.2) is 0 Å². The molecule has 0 aliphatic heterocycles. The first kappa shape index (κ1) is 13.1. The molecule has 1 nitrogen and oxygen atoms in total. The highest BCUT2D eigenvalue weighted by atomic mass is 32.1. The van der Waals surface area contributed by atoms with Crippen LogP contribution in [0.3, 0.4) is 0 Å². The van der Waals surface area contributed by atoms with E-state index in [0.29, 0.717) is 10.4 Å². The Morgan fingerprint density at radius 2 is 1.72 bits per heavy atom. The van der Waals surface area contributed by atoms with E-state index in [-0.39, 0.29) is 11.6 Å². The van der Waals surface area contributed by atoms with Crippen molar-refractivity contribution in [2.45, 2.75) is 25.9 Å². The summed E-state index contributed by atoms with van der Waals surface area (Å²) in [6.07, 6.45) is -4.36. The Bertz CT molecular complexity index is 529. The summed E-state index contributed by atoms with van der Waals surface area (Å²) in [4.78, 5) is 0.293. The van der Waals surface area contributed by atoms with Crippen LogP contribution in [-0.4, -0.2) is 4.37 Å². The summed E-state index contributed by atoms with van der Waals surface area (Å²) in [6.45, 7) is 3.50. The van der Waals surface area contributed by atoms with E-state index >= 15 is 0 Å². The van der Waals surface area contributed by atoms with Crippen LogP contribution in [0.4, 0.5) is 13.2 Å². The summed E-state index contributed by atoms with van der Waals surface area (Å²) in [5, 5.41) is 0. The van der Waals surface area contributed by atoms with Crippen molar-refractivity contribution >= 4 is 11.5 Å². The van der Waals surface area contributed by atoms with Gasteiger partial charge in [0.2, 0.25) is 0 Å². The SMILES string of the molecule is CC(C)c1snc(-c2ccccc2)c1C(F)(F)F. The number of hydrogen-bond donors (Lipinski definition) is 0. The Morgan fingerprint density at radius 1 is 1.11 bits per heavy atom. The van der Waals surface area contributed by atoms with Gasteiger partial charge in [-0.05, 0) is 17.5 Å². The lowest BCUT2D eigenvalue weighted by atomic mass is 10.0. The van der Waals surface area contributed by atoms with Crippen LogP contribution in [-0.2, 0) is 6.18 Å². The fourth-order valence-corrected chi connectivity index (χ4v) is 2.66. The first-order chi connectivity index (χ1) is 8.41. The maximum Gasteiger partial charge on any atom is 0.419 e. The molecule has 5 heteroatoms. The largest absolute Gasteiger partial charge is 0.419 e. The molecule has 0 unspecified atom stereocenters. The lowest BCUT2D eigenvalue weighted by molar-refractivity contribution is -0.137. The number of halogens is 3. The minimum Gasteiger partial charge on any atom is -0.192 e. The average Bonchev–Trinajstić information content (AvgIpc) is 2.74. The number of alkyl halides is 3. The molecule has 0 radical (unpaired) electrons. The van der Waals surface area contributed by atoms with Gasteiger partial charge in [0.25, 0.3) is 0 Å². The lowest BCUT2D eigenvalue weighted by Gasteiger charge is -2.11. The fourth-order valence-electron chi connectivity index (χ4n) is 1.76. The van der Waals surface area contributed by atoms with Gasteiger partial charge in [0.15, 0.2) is 0 Å². The van der Waals surface area contributed by atoms with E-state index in [9.17, 15) is 13.2 Å². The molecule has 0 saturated heterocycles. The zero-order chi connectivity index (χ0) is 13.3. The summed E-state index contributed by atoms with van der Waals surface area (Å²) in [6, 6.07) is 8.49. The molecule has 1 aromatic carbocycles. The third kappa shape index (κ3) is 2.41. The molecule has 2 rings (SSSR count). The maximum absolute atomic E-state index is 13.2. The van der Waals surface area contributed by atoms with Crippen LogP contribution >= 0.6 is 11.5 Å². The molecule has 1 heterocycles. The normalized spacial score (nSPS) is 12.1. The summed E-state index contributed by atoms with van der Waals surface area (Å²) < 4.78 is 43.5. The van der Waals surface area contributed by atoms with E-state index in [1.807, 2.05) is 0 Å². The average molecular weight is 271 g/mol. The van der Waals surface area contributed by atoms with Crippen LogP contribution < -0.4 is 0 Å². The zero-order valence-corrected chi connectivity index (χ0v) is 10.8. The molecule has 18 heavy (non-hydrogen) atoms. The van der Waals surface area contributed by atoms with E-state index in [4.69, 9.17) is 0 Å². The maximum atomic E-state index is 13.2. The van der Waals surface area contributed by atoms with Gasteiger partial charge in [0.1, 0.15) is 0 Å². The molecule has 0 saturated carbocycles. The van der Waals surface area contributed by atoms with Crippen LogP contribution in [0.15, 0.2) is 30.3 Å². The van der Waals surface area contributed by atoms with Gasteiger partial charge < -0.3 is 0 Å². The second-order valence-corrected chi connectivity index (χ2v) is 5.09. The Labute approximate surface area is 107 Å². The minimum atomic E-state index is -4.36. The Balaban J connectivity index is 2.63. The molecule has 0 aliphatic rings. The van der Waals surface area contributed by atoms with E-state index in [1.165, 1.54) is 0 Å². The monoisotopic (exact) mass is 271 g/mol. The molecule has 96 valence electrons. The highest BCUT2D eigenvalue weighted by molar-refractivity contribution is 7.06. The molecule has 0 spiro atoms. The molecule has 0 aliphatic carbocycles. The topological polar surface area (TPSA) is 12.9 Å². The van der Waals surface area contributed by atoms with E-state index < -0.39 is 11.7 Å². The molecular weight excluding hydrogens is 259 g/mol. The van der Waals surface area contributed by atoms with Crippen molar-refractivity contribution in [2.75, 3.05) is 0 Å². The van der Waals surface area contributed by atoms with Crippen LogP contribution in [0, 0.1) is 0 Å². The van der Waals surface area contributed by atoms with Crippen molar-refractivity contribution < 1.29 is 13.2 Å². The van der Waals surface area contributed by atoms with Gasteiger partial charge in [-0.15, -0.1) is 0 Å². The third-order valence-corrected chi connectivity index (χ3v) is 3.72.